The molecule has 0 amide bonds. The highest BCUT2D eigenvalue weighted by atomic mass is 31.2. The molecule has 0 aromatic rings. The van der Waals surface area contributed by atoms with E-state index in [0.717, 1.165) is 83.5 Å². The average Bonchev–Trinajstić information content (AvgIpc) is 3.16. The molecule has 0 saturated heterocycles. The molecule has 10 heteroatoms. The molecular weight excluding hydrogens is 737 g/mol. The zero-order chi connectivity index (χ0) is 42.1. The van der Waals surface area contributed by atoms with Gasteiger partial charge >= 0.3 is 11.9 Å². The van der Waals surface area contributed by atoms with Crippen molar-refractivity contribution in [3.05, 3.63) is 48.6 Å². The minimum absolute atomic E-state index is 0.0344. The molecule has 0 aliphatic rings. The third-order valence-electron chi connectivity index (χ3n) is 9.61. The summed E-state index contributed by atoms with van der Waals surface area (Å²) in [7, 11) is 1.15. The number of likely N-dealkylation sites (N-methyl/N-ethyl adjacent to an activating group) is 1. The molecule has 0 bridgehead atoms. The lowest BCUT2D eigenvalue weighted by Crippen LogP contribution is -2.37. The van der Waals surface area contributed by atoms with Gasteiger partial charge in [-0.2, -0.15) is 0 Å². The quantitative estimate of drug-likeness (QED) is 0.0197. The Morgan fingerprint density at radius 3 is 1.49 bits per heavy atom. The Hall–Kier alpha value is -2.03. The lowest BCUT2D eigenvalue weighted by Gasteiger charge is -2.28. The summed E-state index contributed by atoms with van der Waals surface area (Å²) in [5, 5.41) is 0. The first-order valence-electron chi connectivity index (χ1n) is 22.8. The molecule has 9 nitrogen and oxygen atoms in total. The number of ether oxygens (including phenoxy) is 2. The van der Waals surface area contributed by atoms with Crippen LogP contribution in [0.4, 0.5) is 0 Å². The van der Waals surface area contributed by atoms with Gasteiger partial charge in [-0.25, -0.2) is 0 Å². The number of phosphoric ester groups is 1. The summed E-state index contributed by atoms with van der Waals surface area (Å²) in [5.74, 6) is -0.848. The van der Waals surface area contributed by atoms with Gasteiger partial charge in [0.05, 0.1) is 27.7 Å². The molecule has 2 atom stereocenters. The van der Waals surface area contributed by atoms with Crippen molar-refractivity contribution in [2.75, 3.05) is 47.5 Å². The Labute approximate surface area is 350 Å². The molecule has 0 N–H and O–H groups in total. The fraction of sp³-hybridized carbons (Fsp3) is 0.787. The first kappa shape index (κ1) is 55.0. The van der Waals surface area contributed by atoms with Gasteiger partial charge in [-0.3, -0.25) is 14.2 Å². The Morgan fingerprint density at radius 2 is 1.00 bits per heavy atom. The summed E-state index contributed by atoms with van der Waals surface area (Å²) >= 11 is 0. The molecule has 0 aromatic heterocycles. The van der Waals surface area contributed by atoms with E-state index < -0.39 is 26.5 Å². The van der Waals surface area contributed by atoms with Crippen molar-refractivity contribution in [2.24, 2.45) is 0 Å². The van der Waals surface area contributed by atoms with E-state index in [0.29, 0.717) is 17.4 Å². The van der Waals surface area contributed by atoms with Crippen molar-refractivity contribution in [3.63, 3.8) is 0 Å². The molecule has 0 aliphatic heterocycles. The van der Waals surface area contributed by atoms with Crippen LogP contribution in [0, 0.1) is 0 Å². The van der Waals surface area contributed by atoms with Gasteiger partial charge in [0.2, 0.25) is 0 Å². The van der Waals surface area contributed by atoms with E-state index in [2.05, 4.69) is 62.5 Å². The highest BCUT2D eigenvalue weighted by Gasteiger charge is 2.21. The first-order valence-corrected chi connectivity index (χ1v) is 24.3. The van der Waals surface area contributed by atoms with Crippen molar-refractivity contribution in [2.45, 2.75) is 193 Å². The highest BCUT2D eigenvalue weighted by molar-refractivity contribution is 7.45. The van der Waals surface area contributed by atoms with E-state index in [1.165, 1.54) is 70.6 Å². The largest absolute Gasteiger partial charge is 0.756 e. The van der Waals surface area contributed by atoms with Crippen LogP contribution in [0.2, 0.25) is 0 Å². The number of phosphoric acid groups is 1. The lowest BCUT2D eigenvalue weighted by molar-refractivity contribution is -0.870. The zero-order valence-corrected chi connectivity index (χ0v) is 38.2. The number of quaternary nitrogens is 1. The molecule has 0 aliphatic carbocycles. The van der Waals surface area contributed by atoms with E-state index in [1.54, 1.807) is 0 Å². The van der Waals surface area contributed by atoms with Gasteiger partial charge in [0.25, 0.3) is 7.82 Å². The molecule has 0 radical (unpaired) electrons. The van der Waals surface area contributed by atoms with Crippen molar-refractivity contribution in [1.82, 2.24) is 0 Å². The van der Waals surface area contributed by atoms with Crippen molar-refractivity contribution in [3.8, 4) is 0 Å². The second-order valence-electron chi connectivity index (χ2n) is 16.4. The minimum Gasteiger partial charge on any atom is -0.756 e. The second-order valence-corrected chi connectivity index (χ2v) is 17.8. The minimum atomic E-state index is -4.63. The number of carbonyl (C=O) groups is 2. The van der Waals surface area contributed by atoms with Crippen LogP contribution in [0.1, 0.15) is 187 Å². The summed E-state index contributed by atoms with van der Waals surface area (Å²) in [6.07, 6.45) is 45.6. The molecule has 0 spiro atoms. The maximum absolute atomic E-state index is 12.7. The normalized spacial score (nSPS) is 14.0. The lowest BCUT2D eigenvalue weighted by atomic mass is 10.0. The van der Waals surface area contributed by atoms with Crippen molar-refractivity contribution < 1.29 is 42.1 Å². The van der Waals surface area contributed by atoms with E-state index in [9.17, 15) is 19.0 Å². The van der Waals surface area contributed by atoms with E-state index in [1.807, 2.05) is 21.1 Å². The number of unbranched alkanes of at least 4 members (excludes halogenated alkanes) is 19. The summed E-state index contributed by atoms with van der Waals surface area (Å²) < 4.78 is 33.9. The Morgan fingerprint density at radius 1 is 0.561 bits per heavy atom. The monoisotopic (exact) mass is 824 g/mol. The zero-order valence-electron chi connectivity index (χ0n) is 37.3. The summed E-state index contributed by atoms with van der Waals surface area (Å²) in [6.45, 7) is 4.10. The van der Waals surface area contributed by atoms with Crippen LogP contribution in [-0.2, 0) is 32.7 Å². The SMILES string of the molecule is CC/C=C\C/C=C\C/C=C\C/C=C\CCCCCCCCC(=O)OC(COC(=O)CCCCCCCCCCCCCCCC)COP(=O)([O-])OCC[N+](C)(C)C. The number of rotatable bonds is 41. The van der Waals surface area contributed by atoms with Gasteiger partial charge in [0.15, 0.2) is 6.10 Å². The van der Waals surface area contributed by atoms with Gasteiger partial charge in [0, 0.05) is 12.8 Å². The predicted octanol–water partition coefficient (Wildman–Crippen LogP) is 12.4. The number of esters is 2. The molecule has 0 rings (SSSR count). The predicted molar refractivity (Wildman–Crippen MR) is 236 cm³/mol. The molecule has 2 unspecified atom stereocenters. The number of allylic oxidation sites excluding steroid dienone is 8. The van der Waals surface area contributed by atoms with Crippen LogP contribution < -0.4 is 4.89 Å². The average molecular weight is 824 g/mol. The Balaban J connectivity index is 4.36. The third kappa shape index (κ3) is 43.4. The van der Waals surface area contributed by atoms with E-state index >= 15 is 0 Å². The number of nitrogens with zero attached hydrogens (tertiary/aromatic N) is 1. The van der Waals surface area contributed by atoms with Gasteiger partial charge in [-0.05, 0) is 51.4 Å². The maximum atomic E-state index is 12.7. The standard InChI is InChI=1S/C47H86NO8P/c1-6-8-10-12-14-16-18-20-22-23-24-25-26-28-30-32-34-36-38-40-47(50)56-45(44-55-57(51,52)54-42-41-48(3,4)5)43-53-46(49)39-37-35-33-31-29-27-21-19-17-15-13-11-9-7-2/h8,10,14,16,20,22,24-25,45H,6-7,9,11-13,15,17-19,21,23,26-44H2,1-5H3/b10-8-,16-14-,22-20-,25-24-. The van der Waals surface area contributed by atoms with E-state index in [4.69, 9.17) is 18.5 Å². The maximum Gasteiger partial charge on any atom is 0.306 e. The molecule has 0 heterocycles. The number of carbonyl (C=O) groups excluding carboxylic acids is 2. The molecular formula is C47H86NO8P. The van der Waals surface area contributed by atoms with Crippen LogP contribution in [0.25, 0.3) is 0 Å². The van der Waals surface area contributed by atoms with Crippen LogP contribution in [0.15, 0.2) is 48.6 Å². The number of hydrogen-bond donors (Lipinski definition) is 0. The summed E-state index contributed by atoms with van der Waals surface area (Å²) in [5.41, 5.74) is 0. The first-order chi connectivity index (χ1) is 27.5. The molecule has 0 fully saturated rings. The summed E-state index contributed by atoms with van der Waals surface area (Å²) in [4.78, 5) is 37.6. The second kappa shape index (κ2) is 39.4. The van der Waals surface area contributed by atoms with Crippen LogP contribution in [0.5, 0.6) is 0 Å². The summed E-state index contributed by atoms with van der Waals surface area (Å²) in [6, 6.07) is 0. The Kier molecular flexibility index (Phi) is 38.0. The smallest absolute Gasteiger partial charge is 0.306 e. The van der Waals surface area contributed by atoms with E-state index in [-0.39, 0.29) is 32.0 Å². The van der Waals surface area contributed by atoms with Crippen LogP contribution >= 0.6 is 7.82 Å². The fourth-order valence-corrected chi connectivity index (χ4v) is 6.79. The van der Waals surface area contributed by atoms with Crippen molar-refractivity contribution >= 4 is 19.8 Å². The van der Waals surface area contributed by atoms with Crippen LogP contribution in [0.3, 0.4) is 0 Å². The molecule has 0 aromatic carbocycles. The molecule has 0 saturated carbocycles. The molecule has 57 heavy (non-hydrogen) atoms. The van der Waals surface area contributed by atoms with Gasteiger partial charge in [-0.15, -0.1) is 0 Å². The van der Waals surface area contributed by atoms with Gasteiger partial charge in [-0.1, -0.05) is 172 Å². The van der Waals surface area contributed by atoms with Crippen molar-refractivity contribution in [1.29, 1.82) is 0 Å². The number of hydrogen-bond acceptors (Lipinski definition) is 8. The topological polar surface area (TPSA) is 111 Å². The van der Waals surface area contributed by atoms with Crippen LogP contribution in [-0.4, -0.2) is 70.0 Å². The fourth-order valence-electron chi connectivity index (χ4n) is 6.06. The van der Waals surface area contributed by atoms with Gasteiger partial charge in [0.1, 0.15) is 19.8 Å². The highest BCUT2D eigenvalue weighted by Crippen LogP contribution is 2.38. The third-order valence-corrected chi connectivity index (χ3v) is 10.6. The van der Waals surface area contributed by atoms with Gasteiger partial charge < -0.3 is 27.9 Å². The Bertz CT molecular complexity index is 1110. The molecule has 332 valence electrons.